The monoisotopic (exact) mass is 262 g/mol. The van der Waals surface area contributed by atoms with Crippen molar-refractivity contribution in [3.63, 3.8) is 0 Å². The first-order chi connectivity index (χ1) is 9.05. The standard InChI is InChI=1S/C14H9F3N2/c15-14(16,17)11-6-7-13-18-8-12(19(13)9-11)10-4-2-1-3-5-10/h1-9H. The van der Waals surface area contributed by atoms with E-state index in [0.717, 1.165) is 17.8 Å². The molecule has 0 aliphatic carbocycles. The zero-order valence-electron chi connectivity index (χ0n) is 9.72. The molecule has 0 atom stereocenters. The summed E-state index contributed by atoms with van der Waals surface area (Å²) < 4.78 is 39.6. The lowest BCUT2D eigenvalue weighted by Gasteiger charge is -2.08. The summed E-state index contributed by atoms with van der Waals surface area (Å²) in [6, 6.07) is 11.6. The fourth-order valence-corrected chi connectivity index (χ4v) is 1.97. The van der Waals surface area contributed by atoms with Crippen LogP contribution in [0.15, 0.2) is 54.9 Å². The van der Waals surface area contributed by atoms with Crippen molar-refractivity contribution in [1.82, 2.24) is 9.38 Å². The van der Waals surface area contributed by atoms with Crippen molar-refractivity contribution in [1.29, 1.82) is 0 Å². The molecule has 0 fully saturated rings. The highest BCUT2D eigenvalue weighted by Gasteiger charge is 2.31. The van der Waals surface area contributed by atoms with Crippen LogP contribution >= 0.6 is 0 Å². The molecular weight excluding hydrogens is 253 g/mol. The Morgan fingerprint density at radius 1 is 0.947 bits per heavy atom. The van der Waals surface area contributed by atoms with Crippen molar-refractivity contribution in [2.45, 2.75) is 6.18 Å². The van der Waals surface area contributed by atoms with Gasteiger partial charge in [0.2, 0.25) is 0 Å². The van der Waals surface area contributed by atoms with Crippen LogP contribution in [0.25, 0.3) is 16.9 Å². The van der Waals surface area contributed by atoms with E-state index in [4.69, 9.17) is 0 Å². The van der Waals surface area contributed by atoms with E-state index in [1.165, 1.54) is 10.5 Å². The van der Waals surface area contributed by atoms with E-state index in [9.17, 15) is 13.2 Å². The Morgan fingerprint density at radius 3 is 2.37 bits per heavy atom. The highest BCUT2D eigenvalue weighted by molar-refractivity contribution is 5.63. The molecule has 0 aliphatic rings. The van der Waals surface area contributed by atoms with Gasteiger partial charge in [-0.05, 0) is 12.1 Å². The summed E-state index contributed by atoms with van der Waals surface area (Å²) in [5.41, 5.74) is 1.28. The Hall–Kier alpha value is -2.30. The van der Waals surface area contributed by atoms with Gasteiger partial charge in [-0.2, -0.15) is 13.2 Å². The molecular formula is C14H9F3N2. The molecule has 0 unspecified atom stereocenters. The molecule has 2 aromatic heterocycles. The number of hydrogen-bond acceptors (Lipinski definition) is 1. The Labute approximate surface area is 107 Å². The third-order valence-corrected chi connectivity index (χ3v) is 2.90. The first kappa shape index (κ1) is 11.8. The molecule has 0 spiro atoms. The van der Waals surface area contributed by atoms with Crippen LogP contribution in [-0.2, 0) is 6.18 Å². The third-order valence-electron chi connectivity index (χ3n) is 2.90. The largest absolute Gasteiger partial charge is 0.417 e. The first-order valence-corrected chi connectivity index (χ1v) is 5.65. The summed E-state index contributed by atoms with van der Waals surface area (Å²) in [4.78, 5) is 4.11. The number of benzene rings is 1. The smallest absolute Gasteiger partial charge is 0.299 e. The van der Waals surface area contributed by atoms with E-state index >= 15 is 0 Å². The van der Waals surface area contributed by atoms with Crippen LogP contribution in [0.5, 0.6) is 0 Å². The highest BCUT2D eigenvalue weighted by Crippen LogP contribution is 2.30. The Bertz CT molecular complexity index is 714. The molecule has 0 amide bonds. The van der Waals surface area contributed by atoms with Crippen molar-refractivity contribution in [2.24, 2.45) is 0 Å². The molecule has 2 nitrogen and oxygen atoms in total. The van der Waals surface area contributed by atoms with Crippen LogP contribution in [0, 0.1) is 0 Å². The molecule has 0 aliphatic heterocycles. The molecule has 0 N–H and O–H groups in total. The number of imidazole rings is 1. The number of fused-ring (bicyclic) bond motifs is 1. The summed E-state index contributed by atoms with van der Waals surface area (Å²) in [5, 5.41) is 0. The number of hydrogen-bond donors (Lipinski definition) is 0. The number of halogens is 3. The van der Waals surface area contributed by atoms with Crippen LogP contribution < -0.4 is 0 Å². The topological polar surface area (TPSA) is 17.3 Å². The van der Waals surface area contributed by atoms with Gasteiger partial charge in [0, 0.05) is 11.8 Å². The van der Waals surface area contributed by atoms with Gasteiger partial charge in [-0.15, -0.1) is 0 Å². The molecule has 5 heteroatoms. The Balaban J connectivity index is 2.22. The van der Waals surface area contributed by atoms with E-state index in [1.807, 2.05) is 30.3 Å². The second-order valence-corrected chi connectivity index (χ2v) is 4.15. The normalized spacial score (nSPS) is 11.9. The molecule has 0 bridgehead atoms. The average molecular weight is 262 g/mol. The van der Waals surface area contributed by atoms with Crippen LogP contribution in [0.2, 0.25) is 0 Å². The molecule has 3 rings (SSSR count). The fraction of sp³-hybridized carbons (Fsp3) is 0.0714. The van der Waals surface area contributed by atoms with E-state index in [-0.39, 0.29) is 0 Å². The maximum absolute atomic E-state index is 12.7. The quantitative estimate of drug-likeness (QED) is 0.647. The minimum Gasteiger partial charge on any atom is -0.299 e. The molecule has 2 heterocycles. The molecule has 96 valence electrons. The number of rotatable bonds is 1. The maximum Gasteiger partial charge on any atom is 0.417 e. The van der Waals surface area contributed by atoms with Gasteiger partial charge in [0.1, 0.15) is 5.65 Å². The van der Waals surface area contributed by atoms with Crippen molar-refractivity contribution >= 4 is 5.65 Å². The van der Waals surface area contributed by atoms with Gasteiger partial charge in [0.25, 0.3) is 0 Å². The van der Waals surface area contributed by atoms with Gasteiger partial charge >= 0.3 is 6.18 Å². The predicted octanol–water partition coefficient (Wildman–Crippen LogP) is 4.02. The van der Waals surface area contributed by atoms with E-state index in [2.05, 4.69) is 4.98 Å². The number of pyridine rings is 1. The summed E-state index contributed by atoms with van der Waals surface area (Å²) in [6.45, 7) is 0. The van der Waals surface area contributed by atoms with Crippen LogP contribution in [0.1, 0.15) is 5.56 Å². The van der Waals surface area contributed by atoms with Gasteiger partial charge in [0.15, 0.2) is 0 Å². The zero-order chi connectivity index (χ0) is 13.5. The SMILES string of the molecule is FC(F)(F)c1ccc2ncc(-c3ccccc3)n2c1. The molecule has 19 heavy (non-hydrogen) atoms. The van der Waals surface area contributed by atoms with Crippen LogP contribution in [0.3, 0.4) is 0 Å². The number of alkyl halides is 3. The average Bonchev–Trinajstić information content (AvgIpc) is 2.81. The number of nitrogens with zero attached hydrogens (tertiary/aromatic N) is 2. The van der Waals surface area contributed by atoms with Crippen LogP contribution in [-0.4, -0.2) is 9.38 Å². The molecule has 3 aromatic rings. The van der Waals surface area contributed by atoms with E-state index < -0.39 is 11.7 Å². The summed E-state index contributed by atoms with van der Waals surface area (Å²) in [7, 11) is 0. The number of aromatic nitrogens is 2. The summed E-state index contributed by atoms with van der Waals surface area (Å²) in [5.74, 6) is 0. The Morgan fingerprint density at radius 2 is 1.68 bits per heavy atom. The van der Waals surface area contributed by atoms with E-state index in [1.54, 1.807) is 6.20 Å². The zero-order valence-corrected chi connectivity index (χ0v) is 9.72. The summed E-state index contributed by atoms with van der Waals surface area (Å²) >= 11 is 0. The second kappa shape index (κ2) is 4.12. The van der Waals surface area contributed by atoms with Crippen molar-refractivity contribution in [3.05, 3.63) is 60.4 Å². The van der Waals surface area contributed by atoms with Crippen molar-refractivity contribution in [3.8, 4) is 11.3 Å². The Kier molecular flexibility index (Phi) is 2.55. The van der Waals surface area contributed by atoms with Gasteiger partial charge in [0.05, 0.1) is 17.5 Å². The lowest BCUT2D eigenvalue weighted by molar-refractivity contribution is -0.137. The lowest BCUT2D eigenvalue weighted by Crippen LogP contribution is -2.06. The van der Waals surface area contributed by atoms with Crippen molar-refractivity contribution in [2.75, 3.05) is 0 Å². The van der Waals surface area contributed by atoms with Gasteiger partial charge < -0.3 is 0 Å². The first-order valence-electron chi connectivity index (χ1n) is 5.65. The minimum absolute atomic E-state index is 0.492. The molecule has 0 saturated heterocycles. The van der Waals surface area contributed by atoms with E-state index in [0.29, 0.717) is 11.3 Å². The molecule has 1 aromatic carbocycles. The maximum atomic E-state index is 12.7. The van der Waals surface area contributed by atoms with Gasteiger partial charge in [-0.3, -0.25) is 4.40 Å². The van der Waals surface area contributed by atoms with Crippen LogP contribution in [0.4, 0.5) is 13.2 Å². The predicted molar refractivity (Wildman–Crippen MR) is 65.6 cm³/mol. The third kappa shape index (κ3) is 2.07. The molecule has 0 saturated carbocycles. The minimum atomic E-state index is -4.35. The van der Waals surface area contributed by atoms with Gasteiger partial charge in [-0.25, -0.2) is 4.98 Å². The van der Waals surface area contributed by atoms with Crippen molar-refractivity contribution < 1.29 is 13.2 Å². The fourth-order valence-electron chi connectivity index (χ4n) is 1.97. The highest BCUT2D eigenvalue weighted by atomic mass is 19.4. The van der Waals surface area contributed by atoms with Gasteiger partial charge in [-0.1, -0.05) is 30.3 Å². The lowest BCUT2D eigenvalue weighted by atomic mass is 10.2. The summed E-state index contributed by atoms with van der Waals surface area (Å²) in [6.07, 6.45) is -1.71. The molecule has 0 radical (unpaired) electrons. The second-order valence-electron chi connectivity index (χ2n) is 4.15.